The Hall–Kier alpha value is -0.620. The molecule has 2 fully saturated rings. The molecule has 8 N–H and O–H groups in total. The molecule has 31 heavy (non-hydrogen) atoms. The van der Waals surface area contributed by atoms with Crippen LogP contribution in [0.4, 0.5) is 0 Å². The van der Waals surface area contributed by atoms with Crippen molar-refractivity contribution in [2.45, 2.75) is 61.4 Å². The van der Waals surface area contributed by atoms with Gasteiger partial charge in [0, 0.05) is 0 Å². The minimum atomic E-state index is -5.28. The van der Waals surface area contributed by atoms with Crippen molar-refractivity contribution in [1.29, 1.82) is 0 Å². The normalized spacial score (nSPS) is 42.5. The second-order valence-corrected chi connectivity index (χ2v) is 8.69. The van der Waals surface area contributed by atoms with E-state index < -0.39 is 95.4 Å². The molecule has 2 aliphatic heterocycles. The zero-order valence-electron chi connectivity index (χ0n) is 15.3. The molecule has 0 saturated carbocycles. The molecular formula is C12H22O17S2. The van der Waals surface area contributed by atoms with Gasteiger partial charge in [-0.3, -0.25) is 9.11 Å². The first-order valence-electron chi connectivity index (χ1n) is 8.39. The smallest absolute Gasteiger partial charge is 0.394 e. The van der Waals surface area contributed by atoms with Crippen molar-refractivity contribution in [2.24, 2.45) is 0 Å². The summed E-state index contributed by atoms with van der Waals surface area (Å²) in [6.07, 6.45) is -19.6. The number of aliphatic hydroxyl groups excluding tert-OH is 6. The Labute approximate surface area is 175 Å². The van der Waals surface area contributed by atoms with Crippen molar-refractivity contribution in [2.75, 3.05) is 13.2 Å². The summed E-state index contributed by atoms with van der Waals surface area (Å²) in [7, 11) is -10.3. The van der Waals surface area contributed by atoms with Gasteiger partial charge in [0.05, 0.1) is 13.2 Å². The van der Waals surface area contributed by atoms with Gasteiger partial charge in [0.1, 0.15) is 48.8 Å². The molecule has 0 bridgehead atoms. The zero-order chi connectivity index (χ0) is 23.7. The van der Waals surface area contributed by atoms with E-state index in [4.69, 9.17) is 28.4 Å². The molecule has 0 radical (unpaired) electrons. The van der Waals surface area contributed by atoms with Crippen LogP contribution < -0.4 is 0 Å². The molecule has 0 aromatic heterocycles. The summed E-state index contributed by atoms with van der Waals surface area (Å²) in [5.41, 5.74) is 0. The molecule has 0 aromatic carbocycles. The Morgan fingerprint density at radius 1 is 0.742 bits per heavy atom. The summed E-state index contributed by atoms with van der Waals surface area (Å²) in [6.45, 7) is -1.95. The Bertz CT molecular complexity index is 800. The minimum absolute atomic E-state index is 0.796. The number of hydrogen-bond donors (Lipinski definition) is 8. The van der Waals surface area contributed by atoms with Gasteiger partial charge < -0.3 is 44.8 Å². The first kappa shape index (κ1) is 26.6. The molecule has 17 nitrogen and oxygen atoms in total. The van der Waals surface area contributed by atoms with Gasteiger partial charge in [-0.1, -0.05) is 0 Å². The van der Waals surface area contributed by atoms with Crippen molar-refractivity contribution >= 4 is 20.8 Å². The average molecular weight is 502 g/mol. The van der Waals surface area contributed by atoms with Gasteiger partial charge >= 0.3 is 20.8 Å². The molecule has 0 aliphatic carbocycles. The van der Waals surface area contributed by atoms with Gasteiger partial charge in [-0.05, 0) is 0 Å². The lowest BCUT2D eigenvalue weighted by Crippen LogP contribution is -2.65. The van der Waals surface area contributed by atoms with Gasteiger partial charge in [-0.2, -0.15) is 16.8 Å². The van der Waals surface area contributed by atoms with Crippen molar-refractivity contribution in [3.63, 3.8) is 0 Å². The molecule has 0 aromatic rings. The monoisotopic (exact) mass is 502 g/mol. The molecule has 2 aliphatic rings. The van der Waals surface area contributed by atoms with E-state index in [1.807, 2.05) is 0 Å². The van der Waals surface area contributed by atoms with E-state index in [0.717, 1.165) is 0 Å². The van der Waals surface area contributed by atoms with Crippen LogP contribution in [0.3, 0.4) is 0 Å². The predicted molar refractivity (Wildman–Crippen MR) is 89.4 cm³/mol. The van der Waals surface area contributed by atoms with Crippen molar-refractivity contribution < 1.29 is 79.2 Å². The maximum absolute atomic E-state index is 11.0. The van der Waals surface area contributed by atoms with Crippen LogP contribution in [0.15, 0.2) is 0 Å². The van der Waals surface area contributed by atoms with E-state index in [2.05, 4.69) is 8.37 Å². The predicted octanol–water partition coefficient (Wildman–Crippen LogP) is -5.74. The van der Waals surface area contributed by atoms with Crippen LogP contribution in [0, 0.1) is 0 Å². The highest BCUT2D eigenvalue weighted by Crippen LogP contribution is 2.30. The number of ether oxygens (including phenoxy) is 3. The summed E-state index contributed by atoms with van der Waals surface area (Å²) in [5, 5.41) is 59.3. The lowest BCUT2D eigenvalue weighted by Gasteiger charge is -2.45. The van der Waals surface area contributed by atoms with E-state index in [1.54, 1.807) is 0 Å². The summed E-state index contributed by atoms with van der Waals surface area (Å²) in [6, 6.07) is 0. The second-order valence-electron chi connectivity index (χ2n) is 6.55. The van der Waals surface area contributed by atoms with Crippen molar-refractivity contribution in [3.8, 4) is 0 Å². The number of aliphatic hydroxyl groups is 6. The third-order valence-electron chi connectivity index (χ3n) is 4.39. The minimum Gasteiger partial charge on any atom is -0.394 e. The summed E-state index contributed by atoms with van der Waals surface area (Å²) < 4.78 is 84.3. The van der Waals surface area contributed by atoms with Crippen LogP contribution in [0.5, 0.6) is 0 Å². The Morgan fingerprint density at radius 3 is 1.87 bits per heavy atom. The fourth-order valence-corrected chi connectivity index (χ4v) is 3.75. The average Bonchev–Trinajstić information content (AvgIpc) is 2.64. The summed E-state index contributed by atoms with van der Waals surface area (Å²) in [5.74, 6) is 0. The van der Waals surface area contributed by atoms with E-state index in [0.29, 0.717) is 0 Å². The molecule has 2 saturated heterocycles. The molecule has 10 atom stereocenters. The standard InChI is InChI=1S/C12H22O17S2/c13-1-3-5(14)7(16)10(11(18)26-3)28-12-8(17)9(29-31(22,23)24)6(15)4(27-12)2-25-30(19,20)21/h3-18H,1-2H2,(H,19,20,21)(H,22,23,24)/t3-,4-,5-,6-,7+,8+,9+,10-,11+,12-/m1/s1. The summed E-state index contributed by atoms with van der Waals surface area (Å²) >= 11 is 0. The van der Waals surface area contributed by atoms with Crippen LogP contribution in [0.1, 0.15) is 0 Å². The van der Waals surface area contributed by atoms with Crippen LogP contribution in [0.25, 0.3) is 0 Å². The fraction of sp³-hybridized carbons (Fsp3) is 1.00. The Kier molecular flexibility index (Phi) is 8.68. The van der Waals surface area contributed by atoms with Crippen LogP contribution in [-0.2, 0) is 43.4 Å². The van der Waals surface area contributed by atoms with E-state index in [-0.39, 0.29) is 0 Å². The molecule has 2 heterocycles. The highest BCUT2D eigenvalue weighted by Gasteiger charge is 2.52. The maximum Gasteiger partial charge on any atom is 0.397 e. The largest absolute Gasteiger partial charge is 0.397 e. The van der Waals surface area contributed by atoms with E-state index in [1.165, 1.54) is 0 Å². The highest BCUT2D eigenvalue weighted by molar-refractivity contribution is 7.81. The van der Waals surface area contributed by atoms with Crippen LogP contribution in [-0.4, -0.2) is 131 Å². The Balaban J connectivity index is 2.25. The second kappa shape index (κ2) is 10.1. The Morgan fingerprint density at radius 2 is 1.35 bits per heavy atom. The maximum atomic E-state index is 11.0. The highest BCUT2D eigenvalue weighted by atomic mass is 32.3. The van der Waals surface area contributed by atoms with Crippen LogP contribution in [0.2, 0.25) is 0 Å². The van der Waals surface area contributed by atoms with Crippen LogP contribution >= 0.6 is 0 Å². The lowest BCUT2D eigenvalue weighted by atomic mass is 9.97. The third-order valence-corrected chi connectivity index (χ3v) is 5.29. The molecule has 2 rings (SSSR count). The SMILES string of the molecule is O=S(=O)(O)OC[C@H]1O[C@H](O[C@@H]2[C@@H](O)[C@H](O)[C@@H](CO)O[C@@H]2O)[C@@H](O)[C@@H](OS(=O)(=O)O)[C@@H]1O. The van der Waals surface area contributed by atoms with E-state index >= 15 is 0 Å². The third kappa shape index (κ3) is 6.93. The molecule has 0 unspecified atom stereocenters. The fourth-order valence-electron chi connectivity index (χ4n) is 2.93. The number of hydrogen-bond acceptors (Lipinski definition) is 15. The van der Waals surface area contributed by atoms with Crippen molar-refractivity contribution in [1.82, 2.24) is 0 Å². The quantitative estimate of drug-likeness (QED) is 0.143. The summed E-state index contributed by atoms with van der Waals surface area (Å²) in [4.78, 5) is 0. The van der Waals surface area contributed by atoms with Gasteiger partial charge in [-0.15, -0.1) is 0 Å². The molecule has 19 heteroatoms. The zero-order valence-corrected chi connectivity index (χ0v) is 16.9. The van der Waals surface area contributed by atoms with Gasteiger partial charge in [0.15, 0.2) is 12.6 Å². The molecule has 0 amide bonds. The first-order valence-corrected chi connectivity index (χ1v) is 11.1. The van der Waals surface area contributed by atoms with Crippen molar-refractivity contribution in [3.05, 3.63) is 0 Å². The first-order chi connectivity index (χ1) is 14.1. The molecule has 184 valence electrons. The molecule has 0 spiro atoms. The topological polar surface area (TPSA) is 276 Å². The van der Waals surface area contributed by atoms with Gasteiger partial charge in [0.25, 0.3) is 0 Å². The lowest BCUT2D eigenvalue weighted by molar-refractivity contribution is -0.359. The van der Waals surface area contributed by atoms with Gasteiger partial charge in [-0.25, -0.2) is 8.37 Å². The van der Waals surface area contributed by atoms with E-state index in [9.17, 15) is 42.4 Å². The van der Waals surface area contributed by atoms with Gasteiger partial charge in [0.2, 0.25) is 0 Å². The molecular weight excluding hydrogens is 480 g/mol. The number of rotatable bonds is 8.